The molecule has 0 spiro atoms. The number of aryl methyl sites for hydroxylation is 1. The molecule has 26 heavy (non-hydrogen) atoms. The number of aromatic nitrogens is 2. The van der Waals surface area contributed by atoms with Gasteiger partial charge in [0.15, 0.2) is 5.16 Å². The highest BCUT2D eigenvalue weighted by Crippen LogP contribution is 2.26. The van der Waals surface area contributed by atoms with Crippen molar-refractivity contribution in [1.82, 2.24) is 14.3 Å². The lowest BCUT2D eigenvalue weighted by Gasteiger charge is -2.08. The molecule has 0 fully saturated rings. The number of amides is 1. The van der Waals surface area contributed by atoms with Crippen molar-refractivity contribution in [2.45, 2.75) is 14.3 Å². The normalized spacial score (nSPS) is 11.4. The monoisotopic (exact) mass is 408 g/mol. The topological polar surface area (TPSA) is 93.1 Å². The van der Waals surface area contributed by atoms with Crippen molar-refractivity contribution in [3.63, 3.8) is 0 Å². The Bertz CT molecular complexity index is 980. The van der Waals surface area contributed by atoms with E-state index in [1.807, 2.05) is 29.9 Å². The first kappa shape index (κ1) is 18.6. The van der Waals surface area contributed by atoms with Gasteiger partial charge in [-0.3, -0.25) is 4.79 Å². The fraction of sp³-hybridized carbons (Fsp3) is 0.125. The summed E-state index contributed by atoms with van der Waals surface area (Å²) in [6.45, 7) is -0.329. The molecule has 1 aromatic carbocycles. The van der Waals surface area contributed by atoms with E-state index in [1.54, 1.807) is 29.8 Å². The second-order valence-corrected chi connectivity index (χ2v) is 9.23. The zero-order chi connectivity index (χ0) is 18.6. The molecule has 136 valence electrons. The van der Waals surface area contributed by atoms with Gasteiger partial charge >= 0.3 is 0 Å². The summed E-state index contributed by atoms with van der Waals surface area (Å²) in [5, 5.41) is 5.20. The van der Waals surface area contributed by atoms with Crippen LogP contribution in [0.1, 0.15) is 0 Å². The summed E-state index contributed by atoms with van der Waals surface area (Å²) >= 11 is 2.61. The summed E-state index contributed by atoms with van der Waals surface area (Å²) in [5.41, 5.74) is 0.592. The summed E-state index contributed by atoms with van der Waals surface area (Å²) in [5.74, 6) is -0.436. The standard InChI is InChI=1S/C16H16N4O3S3/c1-20-9-8-17-16(20)25-13-6-4-12(5-7-13)19-14(21)11-18-26(22,23)15-3-2-10-24-15/h2-10,18H,11H2,1H3,(H,19,21). The maximum absolute atomic E-state index is 12.0. The van der Waals surface area contributed by atoms with Crippen LogP contribution in [0, 0.1) is 0 Å². The molecule has 0 aliphatic carbocycles. The van der Waals surface area contributed by atoms with Gasteiger partial charge in [0.2, 0.25) is 5.91 Å². The number of nitrogens with one attached hydrogen (secondary N) is 2. The van der Waals surface area contributed by atoms with E-state index in [0.29, 0.717) is 5.69 Å². The van der Waals surface area contributed by atoms with Crippen molar-refractivity contribution in [2.24, 2.45) is 7.05 Å². The molecule has 3 aromatic rings. The van der Waals surface area contributed by atoms with Gasteiger partial charge in [0, 0.05) is 30.0 Å². The molecule has 7 nitrogen and oxygen atoms in total. The van der Waals surface area contributed by atoms with E-state index in [0.717, 1.165) is 21.4 Å². The van der Waals surface area contributed by atoms with E-state index >= 15 is 0 Å². The Morgan fingerprint density at radius 1 is 1.27 bits per heavy atom. The number of hydrogen-bond acceptors (Lipinski definition) is 6. The van der Waals surface area contributed by atoms with E-state index in [-0.39, 0.29) is 10.8 Å². The average molecular weight is 409 g/mol. The number of imidazole rings is 1. The number of thiophene rings is 1. The van der Waals surface area contributed by atoms with Crippen LogP contribution in [0.3, 0.4) is 0 Å². The number of carbonyl (C=O) groups is 1. The van der Waals surface area contributed by atoms with Crippen LogP contribution in [-0.4, -0.2) is 30.4 Å². The summed E-state index contributed by atoms with van der Waals surface area (Å²) < 4.78 is 28.3. The summed E-state index contributed by atoms with van der Waals surface area (Å²) in [6.07, 6.45) is 3.60. The number of sulfonamides is 1. The summed E-state index contributed by atoms with van der Waals surface area (Å²) in [4.78, 5) is 17.2. The Kier molecular flexibility index (Phi) is 5.77. The van der Waals surface area contributed by atoms with E-state index in [2.05, 4.69) is 15.0 Å². The Labute approximate surface area is 159 Å². The van der Waals surface area contributed by atoms with Crippen molar-refractivity contribution in [3.8, 4) is 0 Å². The molecule has 0 saturated heterocycles. The Morgan fingerprint density at radius 3 is 2.65 bits per heavy atom. The van der Waals surface area contributed by atoms with Crippen molar-refractivity contribution < 1.29 is 13.2 Å². The smallest absolute Gasteiger partial charge is 0.250 e. The zero-order valence-electron chi connectivity index (χ0n) is 13.7. The average Bonchev–Trinajstić information content (AvgIpc) is 3.28. The van der Waals surface area contributed by atoms with Crippen molar-refractivity contribution in [2.75, 3.05) is 11.9 Å². The van der Waals surface area contributed by atoms with Crippen LogP contribution >= 0.6 is 23.1 Å². The third kappa shape index (κ3) is 4.73. The SMILES string of the molecule is Cn1ccnc1Sc1ccc(NC(=O)CNS(=O)(=O)c2cccs2)cc1. The molecule has 0 saturated carbocycles. The lowest BCUT2D eigenvalue weighted by atomic mass is 10.3. The van der Waals surface area contributed by atoms with Crippen LogP contribution in [-0.2, 0) is 21.9 Å². The van der Waals surface area contributed by atoms with Crippen LogP contribution in [0.5, 0.6) is 0 Å². The third-order valence-corrected chi connectivity index (χ3v) is 7.19. The van der Waals surface area contributed by atoms with Gasteiger partial charge in [0.25, 0.3) is 10.0 Å². The molecule has 0 unspecified atom stereocenters. The van der Waals surface area contributed by atoms with Crippen LogP contribution < -0.4 is 10.0 Å². The number of hydrogen-bond donors (Lipinski definition) is 2. The van der Waals surface area contributed by atoms with Crippen molar-refractivity contribution in [1.29, 1.82) is 0 Å². The second kappa shape index (κ2) is 8.04. The van der Waals surface area contributed by atoms with Crippen molar-refractivity contribution >= 4 is 44.7 Å². The quantitative estimate of drug-likeness (QED) is 0.627. The highest BCUT2D eigenvalue weighted by atomic mass is 32.2. The molecule has 2 aromatic heterocycles. The highest BCUT2D eigenvalue weighted by Gasteiger charge is 2.16. The van der Waals surface area contributed by atoms with Gasteiger partial charge in [-0.1, -0.05) is 17.8 Å². The molecule has 2 N–H and O–H groups in total. The molecule has 0 atom stereocenters. The third-order valence-electron chi connectivity index (χ3n) is 3.31. The Morgan fingerprint density at radius 2 is 2.04 bits per heavy atom. The molecule has 0 bridgehead atoms. The molecule has 2 heterocycles. The molecule has 0 aliphatic rings. The van der Waals surface area contributed by atoms with Crippen LogP contribution in [0.15, 0.2) is 68.4 Å². The fourth-order valence-electron chi connectivity index (χ4n) is 2.02. The summed E-state index contributed by atoms with van der Waals surface area (Å²) in [6, 6.07) is 10.4. The van der Waals surface area contributed by atoms with Crippen LogP contribution in [0.4, 0.5) is 5.69 Å². The van der Waals surface area contributed by atoms with Gasteiger partial charge in [-0.05, 0) is 35.7 Å². The maximum Gasteiger partial charge on any atom is 0.250 e. The van der Waals surface area contributed by atoms with E-state index in [1.165, 1.54) is 17.8 Å². The van der Waals surface area contributed by atoms with Gasteiger partial charge in [-0.25, -0.2) is 18.1 Å². The maximum atomic E-state index is 12.0. The molecule has 1 amide bonds. The molecule has 0 radical (unpaired) electrons. The van der Waals surface area contributed by atoms with E-state index < -0.39 is 15.9 Å². The predicted molar refractivity (Wildman–Crippen MR) is 102 cm³/mol. The number of rotatable bonds is 7. The number of benzene rings is 1. The molecule has 10 heteroatoms. The predicted octanol–water partition coefficient (Wildman–Crippen LogP) is 2.55. The van der Waals surface area contributed by atoms with E-state index in [4.69, 9.17) is 0 Å². The lowest BCUT2D eigenvalue weighted by molar-refractivity contribution is -0.115. The van der Waals surface area contributed by atoms with Crippen LogP contribution in [0.25, 0.3) is 0 Å². The number of nitrogens with zero attached hydrogens (tertiary/aromatic N) is 2. The summed E-state index contributed by atoms with van der Waals surface area (Å²) in [7, 11) is -1.73. The minimum absolute atomic E-state index is 0.181. The lowest BCUT2D eigenvalue weighted by Crippen LogP contribution is -2.32. The van der Waals surface area contributed by atoms with Gasteiger partial charge in [-0.2, -0.15) is 0 Å². The first-order chi connectivity index (χ1) is 12.4. The van der Waals surface area contributed by atoms with Gasteiger partial charge in [-0.15, -0.1) is 11.3 Å². The van der Waals surface area contributed by atoms with Crippen LogP contribution in [0.2, 0.25) is 0 Å². The largest absolute Gasteiger partial charge is 0.329 e. The second-order valence-electron chi connectivity index (χ2n) is 5.25. The number of anilines is 1. The first-order valence-electron chi connectivity index (χ1n) is 7.52. The molecular formula is C16H16N4O3S3. The van der Waals surface area contributed by atoms with Gasteiger partial charge < -0.3 is 9.88 Å². The fourth-order valence-corrected chi connectivity index (χ4v) is 4.84. The van der Waals surface area contributed by atoms with Gasteiger partial charge in [0.1, 0.15) is 4.21 Å². The van der Waals surface area contributed by atoms with E-state index in [9.17, 15) is 13.2 Å². The van der Waals surface area contributed by atoms with Crippen molar-refractivity contribution in [3.05, 3.63) is 54.2 Å². The molecule has 0 aliphatic heterocycles. The van der Waals surface area contributed by atoms with Gasteiger partial charge in [0.05, 0.1) is 6.54 Å². The highest BCUT2D eigenvalue weighted by molar-refractivity contribution is 7.99. The Hall–Kier alpha value is -2.14. The molecule has 3 rings (SSSR count). The minimum atomic E-state index is -3.65. The zero-order valence-corrected chi connectivity index (χ0v) is 16.2. The molecular weight excluding hydrogens is 392 g/mol. The minimum Gasteiger partial charge on any atom is -0.329 e. The number of carbonyl (C=O) groups excluding carboxylic acids is 1. The Balaban J connectivity index is 1.54. The first-order valence-corrected chi connectivity index (χ1v) is 10.7.